The fourth-order valence-electron chi connectivity index (χ4n) is 3.60. The number of rotatable bonds is 9. The van der Waals surface area contributed by atoms with Crippen LogP contribution in [0.25, 0.3) is 5.70 Å². The van der Waals surface area contributed by atoms with Crippen molar-refractivity contribution in [1.29, 1.82) is 0 Å². The van der Waals surface area contributed by atoms with Crippen LogP contribution in [0.4, 0.5) is 19.0 Å². The number of anilines is 1. The summed E-state index contributed by atoms with van der Waals surface area (Å²) in [6.07, 6.45) is -3.87. The van der Waals surface area contributed by atoms with E-state index in [0.717, 1.165) is 11.6 Å². The van der Waals surface area contributed by atoms with Crippen LogP contribution in [0.5, 0.6) is 0 Å². The fraction of sp³-hybridized carbons (Fsp3) is 0.280. The molecule has 0 unspecified atom stereocenters. The second-order valence-corrected chi connectivity index (χ2v) is 8.92. The second-order valence-electron chi connectivity index (χ2n) is 8.08. The maximum absolute atomic E-state index is 13.4. The van der Waals surface area contributed by atoms with E-state index in [4.69, 9.17) is 23.2 Å². The zero-order chi connectivity index (χ0) is 25.9. The number of halogens is 5. The molecule has 0 N–H and O–H groups in total. The average Bonchev–Trinajstić information content (AvgIpc) is 3.16. The van der Waals surface area contributed by atoms with Gasteiger partial charge in [-0.05, 0) is 42.3 Å². The van der Waals surface area contributed by atoms with E-state index in [1.54, 1.807) is 19.2 Å². The summed E-state index contributed by atoms with van der Waals surface area (Å²) in [5.74, 6) is 0.832. The summed E-state index contributed by atoms with van der Waals surface area (Å²) in [5.41, 5.74) is 1.59. The molecule has 0 saturated carbocycles. The van der Waals surface area contributed by atoms with Gasteiger partial charge in [-0.15, -0.1) is 0 Å². The van der Waals surface area contributed by atoms with Crippen LogP contribution in [0.1, 0.15) is 35.1 Å². The van der Waals surface area contributed by atoms with E-state index in [-0.39, 0.29) is 11.4 Å². The molecule has 0 bridgehead atoms. The summed E-state index contributed by atoms with van der Waals surface area (Å²) < 4.78 is 42.2. The first-order valence-corrected chi connectivity index (χ1v) is 11.5. The van der Waals surface area contributed by atoms with Gasteiger partial charge in [0.2, 0.25) is 6.41 Å². The first-order valence-electron chi connectivity index (χ1n) is 10.7. The van der Waals surface area contributed by atoms with E-state index >= 15 is 0 Å². The molecule has 3 rings (SSSR count). The molecule has 1 heterocycles. The van der Waals surface area contributed by atoms with Gasteiger partial charge in [0.15, 0.2) is 5.82 Å². The molecule has 0 aliphatic heterocycles. The van der Waals surface area contributed by atoms with E-state index in [9.17, 15) is 18.0 Å². The Balaban J connectivity index is 2.19. The van der Waals surface area contributed by atoms with Crippen LogP contribution in [0, 0.1) is 0 Å². The van der Waals surface area contributed by atoms with Gasteiger partial charge in [0.05, 0.1) is 16.3 Å². The standard InChI is InChI=1S/C25H25Cl2F3N4O/c1-5-32(3)16(2)23-24(33(4)15-35)31-22(34(23)14-17-6-9-19(26)10-7-17)13-18-8-11-21(27)20(12-18)25(28,29)30/h6-12,15H,2,5,13-14H2,1,3-4H3. The minimum Gasteiger partial charge on any atom is -0.374 e. The first kappa shape index (κ1) is 26.6. The van der Waals surface area contributed by atoms with Crippen LogP contribution in [0.15, 0.2) is 49.0 Å². The van der Waals surface area contributed by atoms with Crippen LogP contribution in [-0.4, -0.2) is 41.5 Å². The molecular weight excluding hydrogens is 500 g/mol. The van der Waals surface area contributed by atoms with Crippen molar-refractivity contribution in [3.63, 3.8) is 0 Å². The summed E-state index contributed by atoms with van der Waals surface area (Å²) in [7, 11) is 3.43. The molecular formula is C25H25Cl2F3N4O. The molecule has 10 heteroatoms. The fourth-order valence-corrected chi connectivity index (χ4v) is 3.95. The van der Waals surface area contributed by atoms with Crippen molar-refractivity contribution in [2.24, 2.45) is 0 Å². The number of benzene rings is 2. The second kappa shape index (κ2) is 10.7. The molecule has 0 radical (unpaired) electrons. The van der Waals surface area contributed by atoms with Crippen molar-refractivity contribution >= 4 is 41.1 Å². The van der Waals surface area contributed by atoms with Crippen molar-refractivity contribution in [2.75, 3.05) is 25.5 Å². The smallest absolute Gasteiger partial charge is 0.374 e. The van der Waals surface area contributed by atoms with Gasteiger partial charge in [0.25, 0.3) is 0 Å². The predicted octanol–water partition coefficient (Wildman–Crippen LogP) is 6.36. The highest BCUT2D eigenvalue weighted by molar-refractivity contribution is 6.31. The molecule has 5 nitrogen and oxygen atoms in total. The number of nitrogens with zero attached hydrogens (tertiary/aromatic N) is 4. The Morgan fingerprint density at radius 1 is 1.11 bits per heavy atom. The number of alkyl halides is 3. The van der Waals surface area contributed by atoms with E-state index in [0.29, 0.717) is 53.1 Å². The molecule has 35 heavy (non-hydrogen) atoms. The molecule has 186 valence electrons. The normalized spacial score (nSPS) is 11.4. The van der Waals surface area contributed by atoms with Crippen molar-refractivity contribution in [2.45, 2.75) is 26.1 Å². The third-order valence-electron chi connectivity index (χ3n) is 5.68. The summed E-state index contributed by atoms with van der Waals surface area (Å²) in [4.78, 5) is 19.6. The Kier molecular flexibility index (Phi) is 8.18. The molecule has 3 aromatic rings. The van der Waals surface area contributed by atoms with Crippen LogP contribution in [0.2, 0.25) is 10.0 Å². The number of hydrogen-bond donors (Lipinski definition) is 0. The van der Waals surface area contributed by atoms with Crippen LogP contribution in [0.3, 0.4) is 0 Å². The molecule has 0 saturated heterocycles. The van der Waals surface area contributed by atoms with Crippen LogP contribution >= 0.6 is 23.2 Å². The minimum atomic E-state index is -4.59. The largest absolute Gasteiger partial charge is 0.417 e. The quantitative estimate of drug-likeness (QED) is 0.305. The number of aromatic nitrogens is 2. The average molecular weight is 525 g/mol. The van der Waals surface area contributed by atoms with Gasteiger partial charge >= 0.3 is 6.18 Å². The summed E-state index contributed by atoms with van der Waals surface area (Å²) in [5, 5.41) is 0.211. The highest BCUT2D eigenvalue weighted by atomic mass is 35.5. The van der Waals surface area contributed by atoms with Gasteiger partial charge in [0, 0.05) is 38.6 Å². The van der Waals surface area contributed by atoms with E-state index in [1.165, 1.54) is 17.0 Å². The lowest BCUT2D eigenvalue weighted by atomic mass is 10.1. The third kappa shape index (κ3) is 6.00. The predicted molar refractivity (Wildman–Crippen MR) is 134 cm³/mol. The molecule has 1 amide bonds. The zero-order valence-electron chi connectivity index (χ0n) is 19.5. The van der Waals surface area contributed by atoms with E-state index < -0.39 is 11.7 Å². The number of hydrogen-bond acceptors (Lipinski definition) is 3. The number of carbonyl (C=O) groups is 1. The molecule has 0 spiro atoms. The van der Waals surface area contributed by atoms with Crippen LogP contribution in [-0.2, 0) is 23.9 Å². The zero-order valence-corrected chi connectivity index (χ0v) is 21.0. The number of imidazole rings is 1. The first-order chi connectivity index (χ1) is 16.5. The lowest BCUT2D eigenvalue weighted by Crippen LogP contribution is -2.22. The SMILES string of the molecule is C=C(c1c(N(C)C=O)nc(Cc2ccc(Cl)c(C(F)(F)F)c2)n1Cc1ccc(Cl)cc1)N(C)CC. The molecule has 2 aromatic carbocycles. The van der Waals surface area contributed by atoms with Gasteiger partial charge < -0.3 is 14.4 Å². The molecule has 1 aromatic heterocycles. The van der Waals surface area contributed by atoms with Crippen LogP contribution < -0.4 is 4.90 Å². The monoisotopic (exact) mass is 524 g/mol. The topological polar surface area (TPSA) is 41.4 Å². The van der Waals surface area contributed by atoms with Crippen molar-refractivity contribution in [3.8, 4) is 0 Å². The Labute approximate surface area is 212 Å². The van der Waals surface area contributed by atoms with Gasteiger partial charge in [0.1, 0.15) is 11.5 Å². The summed E-state index contributed by atoms with van der Waals surface area (Å²) >= 11 is 11.8. The lowest BCUT2D eigenvalue weighted by Gasteiger charge is -2.23. The third-order valence-corrected chi connectivity index (χ3v) is 6.26. The molecule has 0 aliphatic rings. The Bertz CT molecular complexity index is 1220. The van der Waals surface area contributed by atoms with Gasteiger partial charge in [-0.1, -0.05) is 48.0 Å². The van der Waals surface area contributed by atoms with Gasteiger partial charge in [-0.25, -0.2) is 4.98 Å². The van der Waals surface area contributed by atoms with E-state index in [1.807, 2.05) is 35.6 Å². The van der Waals surface area contributed by atoms with E-state index in [2.05, 4.69) is 11.6 Å². The summed E-state index contributed by atoms with van der Waals surface area (Å²) in [6.45, 7) is 7.16. The molecule has 0 fully saturated rings. The maximum Gasteiger partial charge on any atom is 0.417 e. The Hall–Kier alpha value is -2.97. The van der Waals surface area contributed by atoms with Crippen molar-refractivity contribution in [3.05, 3.63) is 87.3 Å². The minimum absolute atomic E-state index is 0.0800. The Morgan fingerprint density at radius 2 is 1.74 bits per heavy atom. The highest BCUT2D eigenvalue weighted by Crippen LogP contribution is 2.36. The molecule has 0 aliphatic carbocycles. The number of amides is 1. The van der Waals surface area contributed by atoms with Gasteiger partial charge in [-0.3, -0.25) is 4.79 Å². The Morgan fingerprint density at radius 3 is 2.31 bits per heavy atom. The number of carbonyl (C=O) groups excluding carboxylic acids is 1. The highest BCUT2D eigenvalue weighted by Gasteiger charge is 2.33. The van der Waals surface area contributed by atoms with Gasteiger partial charge in [-0.2, -0.15) is 13.2 Å². The summed E-state index contributed by atoms with van der Waals surface area (Å²) in [6, 6.07) is 11.0. The molecule has 0 atom stereocenters. The van der Waals surface area contributed by atoms with Crippen molar-refractivity contribution < 1.29 is 18.0 Å². The van der Waals surface area contributed by atoms with Crippen molar-refractivity contribution in [1.82, 2.24) is 14.5 Å². The lowest BCUT2D eigenvalue weighted by molar-refractivity contribution is -0.137. The maximum atomic E-state index is 13.4.